The van der Waals surface area contributed by atoms with Crippen LogP contribution in [0.3, 0.4) is 0 Å². The van der Waals surface area contributed by atoms with Gasteiger partial charge in [0, 0.05) is 38.2 Å². The van der Waals surface area contributed by atoms with Crippen molar-refractivity contribution in [2.24, 2.45) is 4.99 Å². The maximum absolute atomic E-state index is 11.7. The Morgan fingerprint density at radius 1 is 1.17 bits per heavy atom. The number of ether oxygens (including phenoxy) is 2. The summed E-state index contributed by atoms with van der Waals surface area (Å²) >= 11 is 0. The van der Waals surface area contributed by atoms with Crippen LogP contribution < -0.4 is 25.4 Å². The number of carbonyl (C=O) groups excluding carboxylic acids is 1. The number of nitrogens with zero attached hydrogens (tertiary/aromatic N) is 1. The van der Waals surface area contributed by atoms with Gasteiger partial charge in [0.05, 0.1) is 13.2 Å². The Hall–Kier alpha value is -2.44. The fourth-order valence-electron chi connectivity index (χ4n) is 3.55. The Bertz CT molecular complexity index is 697. The van der Waals surface area contributed by atoms with Gasteiger partial charge in [-0.3, -0.25) is 9.79 Å². The molecule has 0 aliphatic heterocycles. The van der Waals surface area contributed by atoms with Gasteiger partial charge in [-0.1, -0.05) is 12.1 Å². The molecule has 0 bridgehead atoms. The summed E-state index contributed by atoms with van der Waals surface area (Å²) < 4.78 is 11.8. The van der Waals surface area contributed by atoms with Crippen molar-refractivity contribution in [3.8, 4) is 11.5 Å². The van der Waals surface area contributed by atoms with Gasteiger partial charge < -0.3 is 25.4 Å². The number of aliphatic imine (C=N–C) groups is 1. The average molecular weight is 403 g/mol. The normalized spacial score (nSPS) is 17.1. The van der Waals surface area contributed by atoms with E-state index in [2.05, 4.69) is 27.0 Å². The number of para-hydroxylation sites is 1. The molecule has 3 rings (SSSR count). The molecule has 0 aromatic heterocycles. The lowest BCUT2D eigenvalue weighted by atomic mass is 10.1. The van der Waals surface area contributed by atoms with E-state index in [4.69, 9.17) is 9.47 Å². The molecule has 2 fully saturated rings. The quantitative estimate of drug-likeness (QED) is 0.318. The molecule has 0 unspecified atom stereocenters. The van der Waals surface area contributed by atoms with E-state index in [1.807, 2.05) is 12.1 Å². The number of rotatable bonds is 10. The molecule has 1 aromatic carbocycles. The Kier molecular flexibility index (Phi) is 8.02. The Morgan fingerprint density at radius 3 is 2.66 bits per heavy atom. The fraction of sp³-hybridized carbons (Fsp3) is 0.636. The van der Waals surface area contributed by atoms with Crippen molar-refractivity contribution < 1.29 is 14.3 Å². The maximum atomic E-state index is 11.7. The zero-order chi connectivity index (χ0) is 20.5. The van der Waals surface area contributed by atoms with Gasteiger partial charge in [-0.2, -0.15) is 0 Å². The second kappa shape index (κ2) is 10.9. The Morgan fingerprint density at radius 2 is 1.97 bits per heavy atom. The first-order chi connectivity index (χ1) is 14.2. The van der Waals surface area contributed by atoms with Crippen molar-refractivity contribution in [1.29, 1.82) is 0 Å². The molecular formula is C22H34N4O3. The van der Waals surface area contributed by atoms with Gasteiger partial charge in [0.25, 0.3) is 0 Å². The highest BCUT2D eigenvalue weighted by Crippen LogP contribution is 2.34. The first-order valence-electron chi connectivity index (χ1n) is 10.8. The summed E-state index contributed by atoms with van der Waals surface area (Å²) in [4.78, 5) is 16.0. The summed E-state index contributed by atoms with van der Waals surface area (Å²) in [6.45, 7) is 1.28. The molecule has 1 amide bonds. The first-order valence-corrected chi connectivity index (χ1v) is 10.8. The van der Waals surface area contributed by atoms with Crippen molar-refractivity contribution in [3.05, 3.63) is 23.8 Å². The van der Waals surface area contributed by atoms with Crippen LogP contribution in [0.2, 0.25) is 0 Å². The summed E-state index contributed by atoms with van der Waals surface area (Å²) in [6, 6.07) is 6.39. The van der Waals surface area contributed by atoms with Crippen LogP contribution in [-0.4, -0.2) is 44.7 Å². The number of nitrogens with one attached hydrogen (secondary N) is 3. The second-order valence-electron chi connectivity index (χ2n) is 7.77. The molecule has 0 heterocycles. The highest BCUT2D eigenvalue weighted by atomic mass is 16.5. The molecule has 0 atom stereocenters. The zero-order valence-electron chi connectivity index (χ0n) is 17.6. The van der Waals surface area contributed by atoms with Crippen LogP contribution in [0.5, 0.6) is 11.5 Å². The third kappa shape index (κ3) is 6.84. The standard InChI is InChI=1S/C22H34N4O3/c1-23-22(24-14-6-11-20(27)26-17-12-13-17)25-15-16-7-5-10-19(28-2)21(16)29-18-8-3-4-9-18/h5,7,10,17-18H,3-4,6,8-9,11-15H2,1-2H3,(H,26,27)(H2,23,24,25). The van der Waals surface area contributed by atoms with Crippen LogP contribution in [0.4, 0.5) is 0 Å². The number of benzene rings is 1. The molecule has 3 N–H and O–H groups in total. The summed E-state index contributed by atoms with van der Waals surface area (Å²) in [5, 5.41) is 9.62. The smallest absolute Gasteiger partial charge is 0.220 e. The van der Waals surface area contributed by atoms with Gasteiger partial charge in [0.1, 0.15) is 0 Å². The van der Waals surface area contributed by atoms with E-state index < -0.39 is 0 Å². The third-order valence-electron chi connectivity index (χ3n) is 5.35. The molecule has 29 heavy (non-hydrogen) atoms. The van der Waals surface area contributed by atoms with Crippen LogP contribution >= 0.6 is 0 Å². The lowest BCUT2D eigenvalue weighted by molar-refractivity contribution is -0.121. The largest absolute Gasteiger partial charge is 0.493 e. The molecule has 7 heteroatoms. The number of carbonyl (C=O) groups is 1. The number of amides is 1. The minimum atomic E-state index is 0.141. The van der Waals surface area contributed by atoms with Crippen molar-refractivity contribution >= 4 is 11.9 Å². The van der Waals surface area contributed by atoms with Crippen LogP contribution in [0.15, 0.2) is 23.2 Å². The number of hydrogen-bond donors (Lipinski definition) is 3. The summed E-state index contributed by atoms with van der Waals surface area (Å²) in [6.07, 6.45) is 8.47. The lowest BCUT2D eigenvalue weighted by Crippen LogP contribution is -2.37. The molecule has 0 radical (unpaired) electrons. The Labute approximate surface area is 173 Å². The first kappa shape index (κ1) is 21.3. The summed E-state index contributed by atoms with van der Waals surface area (Å²) in [5.74, 6) is 2.44. The van der Waals surface area contributed by atoms with E-state index in [1.165, 1.54) is 12.8 Å². The molecule has 160 valence electrons. The third-order valence-corrected chi connectivity index (χ3v) is 5.35. The topological polar surface area (TPSA) is 84.0 Å². The molecule has 0 spiro atoms. The molecule has 2 aliphatic carbocycles. The van der Waals surface area contributed by atoms with Crippen LogP contribution in [0.1, 0.15) is 56.9 Å². The van der Waals surface area contributed by atoms with Gasteiger partial charge in [-0.25, -0.2) is 0 Å². The number of hydrogen-bond acceptors (Lipinski definition) is 4. The van der Waals surface area contributed by atoms with Gasteiger partial charge in [-0.15, -0.1) is 0 Å². The Balaban J connectivity index is 1.47. The van der Waals surface area contributed by atoms with Gasteiger partial charge in [0.2, 0.25) is 5.91 Å². The second-order valence-corrected chi connectivity index (χ2v) is 7.77. The van der Waals surface area contributed by atoms with Gasteiger partial charge in [-0.05, 0) is 51.0 Å². The van der Waals surface area contributed by atoms with E-state index in [0.717, 1.165) is 49.2 Å². The van der Waals surface area contributed by atoms with Crippen LogP contribution in [-0.2, 0) is 11.3 Å². The SMILES string of the molecule is CN=C(NCCCC(=O)NC1CC1)NCc1cccc(OC)c1OC1CCCC1. The lowest BCUT2D eigenvalue weighted by Gasteiger charge is -2.20. The number of guanidine groups is 1. The predicted octanol–water partition coefficient (Wildman–Crippen LogP) is 2.74. The molecule has 2 saturated carbocycles. The molecular weight excluding hydrogens is 368 g/mol. The summed E-state index contributed by atoms with van der Waals surface area (Å²) in [5.41, 5.74) is 1.04. The van der Waals surface area contributed by atoms with Crippen molar-refractivity contribution in [1.82, 2.24) is 16.0 Å². The minimum Gasteiger partial charge on any atom is -0.493 e. The monoisotopic (exact) mass is 402 g/mol. The van der Waals surface area contributed by atoms with E-state index in [-0.39, 0.29) is 12.0 Å². The molecule has 0 saturated heterocycles. The van der Waals surface area contributed by atoms with E-state index in [0.29, 0.717) is 31.5 Å². The van der Waals surface area contributed by atoms with E-state index in [9.17, 15) is 4.79 Å². The van der Waals surface area contributed by atoms with Crippen molar-refractivity contribution in [2.75, 3.05) is 20.7 Å². The number of methoxy groups -OCH3 is 1. The zero-order valence-corrected chi connectivity index (χ0v) is 17.6. The van der Waals surface area contributed by atoms with Crippen LogP contribution in [0, 0.1) is 0 Å². The van der Waals surface area contributed by atoms with Gasteiger partial charge in [0.15, 0.2) is 17.5 Å². The van der Waals surface area contributed by atoms with Gasteiger partial charge >= 0.3 is 0 Å². The van der Waals surface area contributed by atoms with E-state index in [1.54, 1.807) is 14.2 Å². The predicted molar refractivity (Wildman–Crippen MR) is 114 cm³/mol. The maximum Gasteiger partial charge on any atom is 0.220 e. The highest BCUT2D eigenvalue weighted by Gasteiger charge is 2.23. The van der Waals surface area contributed by atoms with Crippen LogP contribution in [0.25, 0.3) is 0 Å². The minimum absolute atomic E-state index is 0.141. The molecule has 1 aromatic rings. The van der Waals surface area contributed by atoms with Crippen molar-refractivity contribution in [2.45, 2.75) is 70.1 Å². The molecule has 7 nitrogen and oxygen atoms in total. The highest BCUT2D eigenvalue weighted by molar-refractivity contribution is 5.80. The van der Waals surface area contributed by atoms with Crippen molar-refractivity contribution in [3.63, 3.8) is 0 Å². The molecule has 2 aliphatic rings. The average Bonchev–Trinajstić information content (AvgIpc) is 3.39. The fourth-order valence-corrected chi connectivity index (χ4v) is 3.55. The summed E-state index contributed by atoms with van der Waals surface area (Å²) in [7, 11) is 3.42. The van der Waals surface area contributed by atoms with E-state index >= 15 is 0 Å².